The second kappa shape index (κ2) is 9.64. The lowest BCUT2D eigenvalue weighted by Gasteiger charge is -2.61. The molecule has 2 saturated heterocycles. The van der Waals surface area contributed by atoms with E-state index in [1.807, 2.05) is 0 Å². The maximum Gasteiger partial charge on any atom is 0.315 e. The van der Waals surface area contributed by atoms with Crippen LogP contribution in [0.25, 0.3) is 0 Å². The highest BCUT2D eigenvalue weighted by Crippen LogP contribution is 2.71. The topological polar surface area (TPSA) is 59.6 Å². The summed E-state index contributed by atoms with van der Waals surface area (Å²) in [6.07, 6.45) is 20.5. The van der Waals surface area contributed by atoms with Gasteiger partial charge < -0.3 is 20.1 Å². The number of rotatable bonds is 2. The van der Waals surface area contributed by atoms with Crippen molar-refractivity contribution in [2.45, 2.75) is 147 Å². The molecule has 2 aliphatic heterocycles. The van der Waals surface area contributed by atoms with Crippen LogP contribution in [0, 0.1) is 46.3 Å². The molecule has 0 bridgehead atoms. The Labute approximate surface area is 231 Å². The van der Waals surface area contributed by atoms with Crippen LogP contribution in [0.5, 0.6) is 0 Å². The lowest BCUT2D eigenvalue weighted by molar-refractivity contribution is -0.265. The van der Waals surface area contributed by atoms with E-state index in [4.69, 9.17) is 9.47 Å². The monoisotopic (exact) mass is 526 g/mol. The van der Waals surface area contributed by atoms with Crippen LogP contribution in [0.15, 0.2) is 0 Å². The third-order valence-corrected chi connectivity index (χ3v) is 13.9. The third kappa shape index (κ3) is 4.02. The van der Waals surface area contributed by atoms with Gasteiger partial charge in [0.05, 0.1) is 12.7 Å². The summed E-state index contributed by atoms with van der Waals surface area (Å²) in [5, 5.41) is 6.71. The summed E-state index contributed by atoms with van der Waals surface area (Å²) < 4.78 is 13.3. The summed E-state index contributed by atoms with van der Waals surface area (Å²) in [4.78, 5) is 12.8. The minimum absolute atomic E-state index is 0.0963. The molecule has 1 spiro atoms. The van der Waals surface area contributed by atoms with E-state index < -0.39 is 0 Å². The Kier molecular flexibility index (Phi) is 6.62. The fourth-order valence-corrected chi connectivity index (χ4v) is 12.0. The highest BCUT2D eigenvalue weighted by Gasteiger charge is 2.69. The largest absolute Gasteiger partial charge is 0.350 e. The number of hydrogen-bond acceptors (Lipinski definition) is 3. The number of urea groups is 1. The van der Waals surface area contributed by atoms with E-state index in [0.717, 1.165) is 56.0 Å². The first-order chi connectivity index (χ1) is 18.3. The lowest BCUT2D eigenvalue weighted by atomic mass is 9.44. The van der Waals surface area contributed by atoms with Crippen molar-refractivity contribution < 1.29 is 14.3 Å². The quantitative estimate of drug-likeness (QED) is 0.400. The first kappa shape index (κ1) is 26.1. The number of carbonyl (C=O) groups excluding carboxylic acids is 1. The molecule has 7 aliphatic rings. The van der Waals surface area contributed by atoms with Crippen molar-refractivity contribution in [1.29, 1.82) is 0 Å². The molecule has 5 nitrogen and oxygen atoms in total. The maximum absolute atomic E-state index is 12.8. The Morgan fingerprint density at radius 1 is 0.763 bits per heavy atom. The Bertz CT molecular complexity index is 897. The molecule has 5 heteroatoms. The minimum atomic E-state index is -0.281. The van der Waals surface area contributed by atoms with Crippen molar-refractivity contribution in [2.24, 2.45) is 46.3 Å². The first-order valence-electron chi connectivity index (χ1n) is 16.7. The maximum atomic E-state index is 12.8. The Hall–Kier alpha value is -0.810. The van der Waals surface area contributed by atoms with Gasteiger partial charge in [-0.05, 0) is 117 Å². The minimum Gasteiger partial charge on any atom is -0.350 e. The smallest absolute Gasteiger partial charge is 0.315 e. The molecule has 2 N–H and O–H groups in total. The second-order valence-electron chi connectivity index (χ2n) is 15.4. The predicted molar refractivity (Wildman–Crippen MR) is 149 cm³/mol. The van der Waals surface area contributed by atoms with E-state index in [2.05, 4.69) is 31.4 Å². The van der Waals surface area contributed by atoms with Gasteiger partial charge in [0.1, 0.15) is 0 Å². The summed E-state index contributed by atoms with van der Waals surface area (Å²) in [5.41, 5.74) is 0.856. The summed E-state index contributed by atoms with van der Waals surface area (Å²) in [7, 11) is 0. The number of carbonyl (C=O) groups is 1. The van der Waals surface area contributed by atoms with Crippen molar-refractivity contribution >= 4 is 6.03 Å². The molecule has 0 radical (unpaired) electrons. The molecule has 2 heterocycles. The van der Waals surface area contributed by atoms with Crippen LogP contribution in [-0.4, -0.2) is 36.6 Å². The standard InChI is InChI=1S/C33H54N2O3/c1-21-29-28(38-33(21)15-7-8-18-37-33)20-27-25-12-11-22-19-24(35-30(36)34-23-9-5-4-6-10-23)13-16-31(22,2)26(25)14-17-32(27,29)3/h21-29H,4-20H2,1-3H3,(H2,34,35,36)/t21-,22+,24-,25+,26-,27-,28-,29-,31-,32-,33+/m0/s1. The van der Waals surface area contributed by atoms with Crippen LogP contribution in [0.4, 0.5) is 4.79 Å². The molecular formula is C33H54N2O3. The fraction of sp³-hybridized carbons (Fsp3) is 0.970. The molecule has 2 amide bonds. The average Bonchev–Trinajstić information content (AvgIpc) is 3.35. The number of ether oxygens (including phenoxy) is 2. The van der Waals surface area contributed by atoms with Crippen molar-refractivity contribution in [1.82, 2.24) is 10.6 Å². The molecule has 0 aromatic carbocycles. The van der Waals surface area contributed by atoms with E-state index in [-0.39, 0.29) is 11.8 Å². The van der Waals surface area contributed by atoms with E-state index in [1.165, 1.54) is 77.0 Å². The molecule has 0 unspecified atom stereocenters. The molecule has 7 fully saturated rings. The normalized spacial score (nSPS) is 52.5. The zero-order chi connectivity index (χ0) is 26.1. The van der Waals surface area contributed by atoms with Crippen LogP contribution in [0.3, 0.4) is 0 Å². The first-order valence-corrected chi connectivity index (χ1v) is 16.7. The van der Waals surface area contributed by atoms with Gasteiger partial charge in [-0.15, -0.1) is 0 Å². The van der Waals surface area contributed by atoms with Crippen molar-refractivity contribution in [2.75, 3.05) is 6.61 Å². The van der Waals surface area contributed by atoms with Crippen LogP contribution in [-0.2, 0) is 9.47 Å². The summed E-state index contributed by atoms with van der Waals surface area (Å²) in [6, 6.07) is 0.842. The molecule has 214 valence electrons. The number of amides is 2. The van der Waals surface area contributed by atoms with Crippen LogP contribution in [0.2, 0.25) is 0 Å². The van der Waals surface area contributed by atoms with Gasteiger partial charge in [0.15, 0.2) is 5.79 Å². The van der Waals surface area contributed by atoms with Crippen LogP contribution < -0.4 is 10.6 Å². The van der Waals surface area contributed by atoms with Gasteiger partial charge in [-0.1, -0.05) is 40.0 Å². The summed E-state index contributed by atoms with van der Waals surface area (Å²) in [5.74, 6) is 4.19. The van der Waals surface area contributed by atoms with Gasteiger partial charge in [0, 0.05) is 24.4 Å². The molecule has 0 aromatic rings. The van der Waals surface area contributed by atoms with Gasteiger partial charge >= 0.3 is 6.03 Å². The summed E-state index contributed by atoms with van der Waals surface area (Å²) >= 11 is 0. The number of fused-ring (bicyclic) bond motifs is 7. The van der Waals surface area contributed by atoms with Crippen molar-refractivity contribution in [3.05, 3.63) is 0 Å². The number of hydrogen-bond donors (Lipinski definition) is 2. The Balaban J connectivity index is 1.01. The highest BCUT2D eigenvalue weighted by molar-refractivity contribution is 5.74. The Morgan fingerprint density at radius 3 is 2.34 bits per heavy atom. The fourth-order valence-electron chi connectivity index (χ4n) is 12.0. The predicted octanol–water partition coefficient (Wildman–Crippen LogP) is 7.19. The van der Waals surface area contributed by atoms with Crippen LogP contribution in [0.1, 0.15) is 124 Å². The SMILES string of the molecule is C[C@H]1[C@H]2[C@H](C[C@H]3[C@@H]4CC[C@@H]5C[C@@H](NC(=O)NC6CCCCC6)CC[C@]5(C)[C@H]4CC[C@]23C)O[C@]12CCCCO2. The molecule has 5 saturated carbocycles. The number of nitrogens with one attached hydrogen (secondary N) is 2. The highest BCUT2D eigenvalue weighted by atomic mass is 16.7. The zero-order valence-electron chi connectivity index (χ0n) is 24.4. The van der Waals surface area contributed by atoms with Crippen LogP contribution >= 0.6 is 0 Å². The van der Waals surface area contributed by atoms with E-state index >= 15 is 0 Å². The van der Waals surface area contributed by atoms with Gasteiger partial charge in [-0.2, -0.15) is 0 Å². The molecule has 0 aromatic heterocycles. The van der Waals surface area contributed by atoms with Crippen molar-refractivity contribution in [3.8, 4) is 0 Å². The molecule has 7 rings (SSSR count). The van der Waals surface area contributed by atoms with E-state index in [9.17, 15) is 4.79 Å². The average molecular weight is 527 g/mol. The molecule has 5 aliphatic carbocycles. The van der Waals surface area contributed by atoms with Gasteiger partial charge in [0.2, 0.25) is 0 Å². The Morgan fingerprint density at radius 2 is 1.55 bits per heavy atom. The second-order valence-corrected chi connectivity index (χ2v) is 15.4. The third-order valence-electron chi connectivity index (χ3n) is 13.9. The van der Waals surface area contributed by atoms with E-state index in [0.29, 0.717) is 40.9 Å². The lowest BCUT2D eigenvalue weighted by Crippen LogP contribution is -2.57. The summed E-state index contributed by atoms with van der Waals surface area (Å²) in [6.45, 7) is 8.65. The van der Waals surface area contributed by atoms with Gasteiger partial charge in [0.25, 0.3) is 0 Å². The van der Waals surface area contributed by atoms with Gasteiger partial charge in [-0.3, -0.25) is 0 Å². The molecular weight excluding hydrogens is 472 g/mol. The van der Waals surface area contributed by atoms with Crippen molar-refractivity contribution in [3.63, 3.8) is 0 Å². The van der Waals surface area contributed by atoms with Gasteiger partial charge in [-0.25, -0.2) is 4.79 Å². The van der Waals surface area contributed by atoms with E-state index in [1.54, 1.807) is 0 Å². The molecule has 38 heavy (non-hydrogen) atoms. The zero-order valence-corrected chi connectivity index (χ0v) is 24.4. The molecule has 11 atom stereocenters.